The summed E-state index contributed by atoms with van der Waals surface area (Å²) in [4.78, 5) is 33.6. The highest BCUT2D eigenvalue weighted by Crippen LogP contribution is 2.27. The molecule has 1 aromatic heterocycles. The number of carbonyl (C=O) groups excluding carboxylic acids is 2. The van der Waals surface area contributed by atoms with E-state index >= 15 is 0 Å². The SMILES string of the molecule is CN(C)C(=O)CC1CCCN1Cc1ccc2c(c1)CCC(NCC(=O)c1ccc(-c3ccc(Cl)cc3)cn1)C2. The van der Waals surface area contributed by atoms with Crippen LogP contribution < -0.4 is 5.32 Å². The van der Waals surface area contributed by atoms with E-state index in [2.05, 4.69) is 33.4 Å². The van der Waals surface area contributed by atoms with Crippen molar-refractivity contribution in [3.8, 4) is 11.1 Å². The van der Waals surface area contributed by atoms with E-state index in [1.807, 2.05) is 44.4 Å². The van der Waals surface area contributed by atoms with Gasteiger partial charge in [0, 0.05) is 55.9 Å². The summed E-state index contributed by atoms with van der Waals surface area (Å²) in [6.45, 7) is 2.24. The fourth-order valence-electron chi connectivity index (χ4n) is 5.73. The highest BCUT2D eigenvalue weighted by Gasteiger charge is 2.28. The molecule has 0 bridgehead atoms. The Kier molecular flexibility index (Phi) is 8.75. The number of carbonyl (C=O) groups is 2. The third-order valence-electron chi connectivity index (χ3n) is 8.07. The Morgan fingerprint density at radius 1 is 1.03 bits per heavy atom. The zero-order valence-corrected chi connectivity index (χ0v) is 23.6. The van der Waals surface area contributed by atoms with Crippen molar-refractivity contribution >= 4 is 23.3 Å². The molecule has 5 rings (SSSR count). The molecule has 1 aliphatic carbocycles. The first-order valence-corrected chi connectivity index (χ1v) is 14.3. The molecule has 1 amide bonds. The quantitative estimate of drug-likeness (QED) is 0.376. The first kappa shape index (κ1) is 27.5. The number of amides is 1. The molecule has 6 nitrogen and oxygen atoms in total. The summed E-state index contributed by atoms with van der Waals surface area (Å²) < 4.78 is 0. The maximum Gasteiger partial charge on any atom is 0.223 e. The van der Waals surface area contributed by atoms with Gasteiger partial charge in [0.25, 0.3) is 0 Å². The second kappa shape index (κ2) is 12.4. The van der Waals surface area contributed by atoms with E-state index in [4.69, 9.17) is 11.6 Å². The lowest BCUT2D eigenvalue weighted by Gasteiger charge is -2.28. The molecule has 1 aliphatic heterocycles. The third kappa shape index (κ3) is 6.93. The Labute approximate surface area is 236 Å². The molecule has 1 saturated heterocycles. The van der Waals surface area contributed by atoms with Crippen LogP contribution in [0.5, 0.6) is 0 Å². The molecule has 1 N–H and O–H groups in total. The van der Waals surface area contributed by atoms with Gasteiger partial charge in [-0.25, -0.2) is 0 Å². The van der Waals surface area contributed by atoms with Crippen molar-refractivity contribution in [2.24, 2.45) is 0 Å². The van der Waals surface area contributed by atoms with E-state index in [1.54, 1.807) is 17.2 Å². The van der Waals surface area contributed by atoms with Gasteiger partial charge in [0.05, 0.1) is 6.54 Å². The number of hydrogen-bond donors (Lipinski definition) is 1. The number of hydrogen-bond acceptors (Lipinski definition) is 5. The molecule has 7 heteroatoms. The van der Waals surface area contributed by atoms with Crippen molar-refractivity contribution in [2.75, 3.05) is 27.2 Å². The van der Waals surface area contributed by atoms with Crippen LogP contribution in [-0.4, -0.2) is 65.7 Å². The van der Waals surface area contributed by atoms with Crippen LogP contribution in [0.1, 0.15) is 52.9 Å². The predicted octanol–water partition coefficient (Wildman–Crippen LogP) is 5.17. The minimum absolute atomic E-state index is 0.00622. The van der Waals surface area contributed by atoms with Gasteiger partial charge in [0.15, 0.2) is 5.78 Å². The molecular weight excluding hydrogens is 508 g/mol. The van der Waals surface area contributed by atoms with Gasteiger partial charge >= 0.3 is 0 Å². The molecule has 204 valence electrons. The standard InChI is InChI=1S/C32H37ClN4O2/c1-36(2)32(39)18-29-4-3-15-37(29)21-22-5-6-25-17-28(13-9-24(25)16-22)34-20-31(38)30-14-10-26(19-35-30)23-7-11-27(33)12-8-23/h5-8,10-12,14,16,19,28-29,34H,3-4,9,13,15,17-18,20-21H2,1-2H3. The van der Waals surface area contributed by atoms with Gasteiger partial charge in [0.2, 0.25) is 5.91 Å². The maximum absolute atomic E-state index is 12.8. The van der Waals surface area contributed by atoms with Gasteiger partial charge in [-0.2, -0.15) is 0 Å². The van der Waals surface area contributed by atoms with Crippen LogP contribution in [0.15, 0.2) is 60.8 Å². The number of likely N-dealkylation sites (tertiary alicyclic amines) is 1. The molecule has 2 aliphatic rings. The van der Waals surface area contributed by atoms with E-state index in [1.165, 1.54) is 16.7 Å². The third-order valence-corrected chi connectivity index (χ3v) is 8.32. The van der Waals surface area contributed by atoms with Crippen molar-refractivity contribution < 1.29 is 9.59 Å². The van der Waals surface area contributed by atoms with Crippen LogP contribution >= 0.6 is 11.6 Å². The topological polar surface area (TPSA) is 65.5 Å². The summed E-state index contributed by atoms with van der Waals surface area (Å²) in [6.07, 6.45) is 7.54. The molecule has 0 radical (unpaired) electrons. The minimum Gasteiger partial charge on any atom is -0.349 e. The lowest BCUT2D eigenvalue weighted by Crippen LogP contribution is -2.38. The molecule has 2 aromatic carbocycles. The minimum atomic E-state index is 0.00622. The van der Waals surface area contributed by atoms with Crippen LogP contribution in [0.4, 0.5) is 0 Å². The molecule has 0 saturated carbocycles. The first-order valence-electron chi connectivity index (χ1n) is 13.9. The van der Waals surface area contributed by atoms with E-state index in [0.717, 1.165) is 56.3 Å². The number of Topliss-reactive ketones (excluding diaryl/α,β-unsaturated/α-hetero) is 1. The van der Waals surface area contributed by atoms with Crippen molar-refractivity contribution in [1.29, 1.82) is 0 Å². The molecule has 0 spiro atoms. The Balaban J connectivity index is 1.12. The van der Waals surface area contributed by atoms with E-state index in [-0.39, 0.29) is 24.3 Å². The van der Waals surface area contributed by atoms with Gasteiger partial charge in [-0.1, -0.05) is 48.0 Å². The lowest BCUT2D eigenvalue weighted by atomic mass is 9.87. The molecule has 39 heavy (non-hydrogen) atoms. The van der Waals surface area contributed by atoms with Gasteiger partial charge in [-0.05, 0) is 79.1 Å². The molecule has 2 heterocycles. The molecular formula is C32H37ClN4O2. The van der Waals surface area contributed by atoms with Gasteiger partial charge in [-0.15, -0.1) is 0 Å². The number of fused-ring (bicyclic) bond motifs is 1. The van der Waals surface area contributed by atoms with Crippen molar-refractivity contribution in [1.82, 2.24) is 20.1 Å². The van der Waals surface area contributed by atoms with Crippen LogP contribution in [0.25, 0.3) is 11.1 Å². The Bertz CT molecular complexity index is 1310. The summed E-state index contributed by atoms with van der Waals surface area (Å²) in [5.41, 5.74) is 6.56. The largest absolute Gasteiger partial charge is 0.349 e. The van der Waals surface area contributed by atoms with Crippen molar-refractivity contribution in [3.63, 3.8) is 0 Å². The number of rotatable bonds is 9. The van der Waals surface area contributed by atoms with Crippen molar-refractivity contribution in [2.45, 2.75) is 57.2 Å². The van der Waals surface area contributed by atoms with E-state index in [9.17, 15) is 9.59 Å². The average molecular weight is 545 g/mol. The number of benzene rings is 2. The molecule has 3 aromatic rings. The maximum atomic E-state index is 12.8. The molecule has 1 fully saturated rings. The predicted molar refractivity (Wildman–Crippen MR) is 156 cm³/mol. The first-order chi connectivity index (χ1) is 18.9. The highest BCUT2D eigenvalue weighted by molar-refractivity contribution is 6.30. The van der Waals surface area contributed by atoms with Gasteiger partial charge in [-0.3, -0.25) is 19.5 Å². The van der Waals surface area contributed by atoms with Gasteiger partial charge < -0.3 is 10.2 Å². The van der Waals surface area contributed by atoms with Gasteiger partial charge in [0.1, 0.15) is 5.69 Å². The highest BCUT2D eigenvalue weighted by atomic mass is 35.5. The van der Waals surface area contributed by atoms with Crippen molar-refractivity contribution in [3.05, 3.63) is 88.2 Å². The fraction of sp³-hybridized carbons (Fsp3) is 0.406. The van der Waals surface area contributed by atoms with Crippen LogP contribution in [0, 0.1) is 0 Å². The summed E-state index contributed by atoms with van der Waals surface area (Å²) in [5, 5.41) is 4.17. The second-order valence-corrected chi connectivity index (χ2v) is 11.5. The number of pyridine rings is 1. The second-order valence-electron chi connectivity index (χ2n) is 11.0. The Morgan fingerprint density at radius 3 is 2.56 bits per heavy atom. The van der Waals surface area contributed by atoms with E-state index < -0.39 is 0 Å². The fourth-order valence-corrected chi connectivity index (χ4v) is 5.86. The zero-order chi connectivity index (χ0) is 27.4. The lowest BCUT2D eigenvalue weighted by molar-refractivity contribution is -0.129. The Morgan fingerprint density at radius 2 is 1.82 bits per heavy atom. The number of nitrogens with one attached hydrogen (secondary N) is 1. The van der Waals surface area contributed by atoms with Crippen LogP contribution in [0.2, 0.25) is 5.02 Å². The number of nitrogens with zero attached hydrogens (tertiary/aromatic N) is 3. The number of aryl methyl sites for hydroxylation is 1. The summed E-state index contributed by atoms with van der Waals surface area (Å²) in [6, 6.07) is 18.8. The number of ketones is 1. The molecule has 2 atom stereocenters. The van der Waals surface area contributed by atoms with E-state index in [0.29, 0.717) is 23.2 Å². The summed E-state index contributed by atoms with van der Waals surface area (Å²) in [7, 11) is 3.67. The molecule has 2 unspecified atom stereocenters. The normalized spacial score (nSPS) is 19.1. The number of halogens is 1. The monoisotopic (exact) mass is 544 g/mol. The summed E-state index contributed by atoms with van der Waals surface area (Å²) in [5.74, 6) is 0.215. The Hall–Kier alpha value is -3.06. The smallest absolute Gasteiger partial charge is 0.223 e. The van der Waals surface area contributed by atoms with Crippen LogP contribution in [0.3, 0.4) is 0 Å². The number of aromatic nitrogens is 1. The zero-order valence-electron chi connectivity index (χ0n) is 22.8. The summed E-state index contributed by atoms with van der Waals surface area (Å²) >= 11 is 5.98. The average Bonchev–Trinajstić information content (AvgIpc) is 3.38. The van der Waals surface area contributed by atoms with Crippen LogP contribution in [-0.2, 0) is 24.2 Å².